The molecule has 3 rings (SSSR count). The van der Waals surface area contributed by atoms with E-state index in [2.05, 4.69) is 5.32 Å². The van der Waals surface area contributed by atoms with Gasteiger partial charge in [-0.3, -0.25) is 4.79 Å². The third-order valence-electron chi connectivity index (χ3n) is 3.66. The minimum atomic E-state index is -0.342. The van der Waals surface area contributed by atoms with Gasteiger partial charge in [-0.05, 0) is 31.0 Å². The Morgan fingerprint density at radius 3 is 3.00 bits per heavy atom. The van der Waals surface area contributed by atoms with Crippen molar-refractivity contribution in [1.82, 2.24) is 5.32 Å². The van der Waals surface area contributed by atoms with Crippen LogP contribution in [0.2, 0.25) is 5.02 Å². The molecule has 1 aliphatic heterocycles. The maximum Gasteiger partial charge on any atom is 0.245 e. The van der Waals surface area contributed by atoms with Crippen LogP contribution >= 0.6 is 11.6 Å². The smallest absolute Gasteiger partial charge is 0.245 e. The quantitative estimate of drug-likeness (QED) is 0.827. The predicted molar refractivity (Wildman–Crippen MR) is 79.0 cm³/mol. The first-order valence-corrected chi connectivity index (χ1v) is 7.23. The van der Waals surface area contributed by atoms with Gasteiger partial charge in [0.2, 0.25) is 5.91 Å². The highest BCUT2D eigenvalue weighted by atomic mass is 35.5. The molecule has 108 valence electrons. The van der Waals surface area contributed by atoms with Gasteiger partial charge >= 0.3 is 0 Å². The first-order valence-electron chi connectivity index (χ1n) is 6.85. The topological polar surface area (TPSA) is 67.6 Å². The number of nitrogens with two attached hydrogens (primary N) is 1. The van der Waals surface area contributed by atoms with E-state index in [1.807, 2.05) is 4.90 Å². The molecule has 0 radical (unpaired) electrons. The third kappa shape index (κ3) is 2.83. The zero-order valence-corrected chi connectivity index (χ0v) is 11.9. The third-order valence-corrected chi connectivity index (χ3v) is 3.89. The molecule has 1 amide bonds. The van der Waals surface area contributed by atoms with Crippen molar-refractivity contribution in [3.63, 3.8) is 0 Å². The molecule has 1 atom stereocenters. The highest BCUT2D eigenvalue weighted by Gasteiger charge is 2.34. The number of hydrogen-bond donors (Lipinski definition) is 2. The summed E-state index contributed by atoms with van der Waals surface area (Å²) >= 11 is 6.04. The van der Waals surface area contributed by atoms with Crippen LogP contribution in [0.1, 0.15) is 12.8 Å². The van der Waals surface area contributed by atoms with E-state index < -0.39 is 0 Å². The number of carbonyl (C=O) groups excluding carboxylic acids is 1. The van der Waals surface area contributed by atoms with E-state index in [0.29, 0.717) is 36.5 Å². The van der Waals surface area contributed by atoms with Crippen molar-refractivity contribution < 1.29 is 9.53 Å². The van der Waals surface area contributed by atoms with Gasteiger partial charge in [-0.1, -0.05) is 11.6 Å². The molecule has 0 aromatic heterocycles. The number of ether oxygens (including phenoxy) is 1. The number of halogens is 1. The lowest BCUT2D eigenvalue weighted by Gasteiger charge is -2.37. The fourth-order valence-corrected chi connectivity index (χ4v) is 2.57. The largest absolute Gasteiger partial charge is 0.397 e. The molecule has 1 aromatic rings. The molecule has 0 bridgehead atoms. The van der Waals surface area contributed by atoms with Crippen LogP contribution in [0.15, 0.2) is 18.2 Å². The van der Waals surface area contributed by atoms with Gasteiger partial charge in [0, 0.05) is 17.6 Å². The van der Waals surface area contributed by atoms with Gasteiger partial charge in [0.1, 0.15) is 6.04 Å². The zero-order chi connectivity index (χ0) is 14.1. The second-order valence-corrected chi connectivity index (χ2v) is 5.71. The summed E-state index contributed by atoms with van der Waals surface area (Å²) in [6, 6.07) is 5.32. The Labute approximate surface area is 123 Å². The molecule has 1 unspecified atom stereocenters. The normalized spacial score (nSPS) is 22.6. The fraction of sp³-hybridized carbons (Fsp3) is 0.500. The second kappa shape index (κ2) is 5.50. The summed E-state index contributed by atoms with van der Waals surface area (Å²) in [5.74, 6) is 0.00609. The Morgan fingerprint density at radius 1 is 1.45 bits per heavy atom. The predicted octanol–water partition coefficient (Wildman–Crippen LogP) is 1.41. The number of nitrogens with zero attached hydrogens (tertiary/aromatic N) is 1. The van der Waals surface area contributed by atoms with E-state index in [1.165, 1.54) is 0 Å². The highest BCUT2D eigenvalue weighted by molar-refractivity contribution is 6.31. The zero-order valence-electron chi connectivity index (χ0n) is 11.1. The van der Waals surface area contributed by atoms with Crippen molar-refractivity contribution in [3.05, 3.63) is 23.2 Å². The van der Waals surface area contributed by atoms with E-state index in [4.69, 9.17) is 22.1 Å². The maximum atomic E-state index is 12.3. The number of benzene rings is 1. The molecule has 1 aromatic carbocycles. The van der Waals surface area contributed by atoms with E-state index >= 15 is 0 Å². The molecule has 0 spiro atoms. The van der Waals surface area contributed by atoms with Crippen LogP contribution < -0.4 is 16.0 Å². The van der Waals surface area contributed by atoms with Crippen molar-refractivity contribution in [2.24, 2.45) is 0 Å². The molecule has 1 saturated heterocycles. The van der Waals surface area contributed by atoms with Crippen molar-refractivity contribution in [1.29, 1.82) is 0 Å². The minimum Gasteiger partial charge on any atom is -0.397 e. The summed E-state index contributed by atoms with van der Waals surface area (Å²) in [5, 5.41) is 3.64. The number of morpholine rings is 1. The summed E-state index contributed by atoms with van der Waals surface area (Å²) in [5.41, 5.74) is 7.45. The lowest BCUT2D eigenvalue weighted by atomic mass is 10.1. The first-order chi connectivity index (χ1) is 9.65. The number of hydrogen-bond acceptors (Lipinski definition) is 4. The van der Waals surface area contributed by atoms with Gasteiger partial charge in [-0.25, -0.2) is 0 Å². The molecular weight excluding hydrogens is 278 g/mol. The standard InChI is InChI=1S/C14H18ClN3O2/c15-9-1-4-11(16)12(7-9)18-5-6-20-8-13(18)14(19)17-10-2-3-10/h1,4,7,10,13H,2-3,5-6,8,16H2,(H,17,19). The van der Waals surface area contributed by atoms with Gasteiger partial charge in [-0.15, -0.1) is 0 Å². The summed E-state index contributed by atoms with van der Waals surface area (Å²) in [4.78, 5) is 14.3. The number of carbonyl (C=O) groups is 1. The Hall–Kier alpha value is -1.46. The van der Waals surface area contributed by atoms with Crippen molar-refractivity contribution in [3.8, 4) is 0 Å². The van der Waals surface area contributed by atoms with Crippen LogP contribution in [0.3, 0.4) is 0 Å². The molecule has 1 saturated carbocycles. The molecule has 2 aliphatic rings. The summed E-state index contributed by atoms with van der Waals surface area (Å²) in [6.45, 7) is 1.59. The van der Waals surface area contributed by atoms with E-state index in [0.717, 1.165) is 18.5 Å². The number of amides is 1. The molecule has 3 N–H and O–H groups in total. The molecular formula is C14H18ClN3O2. The van der Waals surface area contributed by atoms with Crippen LogP contribution in [0, 0.1) is 0 Å². The van der Waals surface area contributed by atoms with E-state index in [1.54, 1.807) is 18.2 Å². The van der Waals surface area contributed by atoms with Crippen LogP contribution in [-0.2, 0) is 9.53 Å². The van der Waals surface area contributed by atoms with Crippen LogP contribution in [-0.4, -0.2) is 37.7 Å². The maximum absolute atomic E-state index is 12.3. The average Bonchev–Trinajstić information content (AvgIpc) is 3.25. The van der Waals surface area contributed by atoms with E-state index in [-0.39, 0.29) is 11.9 Å². The monoisotopic (exact) mass is 295 g/mol. The van der Waals surface area contributed by atoms with Gasteiger partial charge in [0.15, 0.2) is 0 Å². The Kier molecular flexibility index (Phi) is 3.72. The van der Waals surface area contributed by atoms with Crippen LogP contribution in [0.25, 0.3) is 0 Å². The second-order valence-electron chi connectivity index (χ2n) is 5.27. The molecule has 6 heteroatoms. The van der Waals surface area contributed by atoms with Gasteiger partial charge in [0.25, 0.3) is 0 Å². The number of nitrogens with one attached hydrogen (secondary N) is 1. The summed E-state index contributed by atoms with van der Waals surface area (Å²) in [6.07, 6.45) is 2.14. The Morgan fingerprint density at radius 2 is 2.25 bits per heavy atom. The van der Waals surface area contributed by atoms with Gasteiger partial charge < -0.3 is 20.7 Å². The molecule has 1 heterocycles. The minimum absolute atomic E-state index is 0.00609. The number of nitrogen functional groups attached to an aromatic ring is 1. The molecule has 2 fully saturated rings. The fourth-order valence-electron chi connectivity index (χ4n) is 2.40. The number of anilines is 2. The van der Waals surface area contributed by atoms with Crippen LogP contribution in [0.4, 0.5) is 11.4 Å². The van der Waals surface area contributed by atoms with Crippen molar-refractivity contribution in [2.75, 3.05) is 30.4 Å². The number of rotatable bonds is 3. The lowest BCUT2D eigenvalue weighted by molar-refractivity contribution is -0.124. The van der Waals surface area contributed by atoms with Crippen molar-refractivity contribution >= 4 is 28.9 Å². The summed E-state index contributed by atoms with van der Waals surface area (Å²) < 4.78 is 5.45. The Bertz CT molecular complexity index is 519. The van der Waals surface area contributed by atoms with Gasteiger partial charge in [-0.2, -0.15) is 0 Å². The molecule has 5 nitrogen and oxygen atoms in total. The lowest BCUT2D eigenvalue weighted by Crippen LogP contribution is -2.54. The van der Waals surface area contributed by atoms with Crippen LogP contribution in [0.5, 0.6) is 0 Å². The first kappa shape index (κ1) is 13.5. The SMILES string of the molecule is Nc1ccc(Cl)cc1N1CCOCC1C(=O)NC1CC1. The van der Waals surface area contributed by atoms with Gasteiger partial charge in [0.05, 0.1) is 24.6 Å². The van der Waals surface area contributed by atoms with E-state index in [9.17, 15) is 4.79 Å². The molecule has 1 aliphatic carbocycles. The summed E-state index contributed by atoms with van der Waals surface area (Å²) in [7, 11) is 0. The highest BCUT2D eigenvalue weighted by Crippen LogP contribution is 2.30. The van der Waals surface area contributed by atoms with Crippen molar-refractivity contribution in [2.45, 2.75) is 24.9 Å². The average molecular weight is 296 g/mol. The Balaban J connectivity index is 1.83. The molecule has 20 heavy (non-hydrogen) atoms.